The van der Waals surface area contributed by atoms with Gasteiger partial charge in [0.15, 0.2) is 0 Å². The van der Waals surface area contributed by atoms with E-state index in [0.29, 0.717) is 0 Å². The Morgan fingerprint density at radius 1 is 1.17 bits per heavy atom. The van der Waals surface area contributed by atoms with Gasteiger partial charge in [-0.05, 0) is 0 Å². The van der Waals surface area contributed by atoms with Crippen LogP contribution in [0.5, 0.6) is 0 Å². The van der Waals surface area contributed by atoms with Gasteiger partial charge in [0.2, 0.25) is 0 Å². The van der Waals surface area contributed by atoms with Crippen molar-refractivity contribution in [2.75, 3.05) is 0 Å². The van der Waals surface area contributed by atoms with E-state index in [2.05, 4.69) is 20.8 Å². The van der Waals surface area contributed by atoms with Gasteiger partial charge in [-0.1, -0.05) is 0 Å². The second kappa shape index (κ2) is 2.45. The van der Waals surface area contributed by atoms with Crippen LogP contribution in [-0.2, 0) is 0 Å². The maximum absolute atomic E-state index is 2.20. The molecule has 0 aliphatic heterocycles. The van der Waals surface area contributed by atoms with Gasteiger partial charge < -0.3 is 0 Å². The second-order valence-corrected chi connectivity index (χ2v) is 5.15. The van der Waals surface area contributed by atoms with E-state index < -0.39 is 0 Å². The molecular formula is C5H12Ge. The molecule has 0 saturated carbocycles. The second-order valence-electron chi connectivity index (χ2n) is 2.00. The Labute approximate surface area is 47.9 Å². The van der Waals surface area contributed by atoms with Crippen molar-refractivity contribution in [1.29, 1.82) is 0 Å². The standard InChI is InChI=1S/C5H12Ge/c1-4(2)5(3)6/h1-3,6H3. The van der Waals surface area contributed by atoms with E-state index in [0.717, 1.165) is 16.5 Å². The molecule has 36 valence electrons. The minimum absolute atomic E-state index is 0.922. The Balaban J connectivity index is 3.68. The quantitative estimate of drug-likeness (QED) is 0.439. The van der Waals surface area contributed by atoms with Crippen LogP contribution in [0, 0.1) is 0 Å². The molecule has 0 unspecified atom stereocenters. The van der Waals surface area contributed by atoms with Crippen LogP contribution in [-0.4, -0.2) is 16.5 Å². The summed E-state index contributed by atoms with van der Waals surface area (Å²) in [6, 6.07) is 0. The average molecular weight is 145 g/mol. The molecule has 0 aromatic carbocycles. The number of rotatable bonds is 0. The fraction of sp³-hybridized carbons (Fsp3) is 0.600. The first-order valence-corrected chi connectivity index (χ1v) is 4.35. The number of hydrogen-bond donors (Lipinski definition) is 0. The van der Waals surface area contributed by atoms with E-state index in [4.69, 9.17) is 0 Å². The van der Waals surface area contributed by atoms with Crippen molar-refractivity contribution >= 4 is 16.5 Å². The summed E-state index contributed by atoms with van der Waals surface area (Å²) in [5.41, 5.74) is 1.51. The fourth-order valence-electron chi connectivity index (χ4n) is 0. The average Bonchev–Trinajstić information content (AvgIpc) is 1.36. The predicted octanol–water partition coefficient (Wildman–Crippen LogP) is 0.666. The third-order valence-electron chi connectivity index (χ3n) is 1.00. The summed E-state index contributed by atoms with van der Waals surface area (Å²) in [4.78, 5) is 0. The van der Waals surface area contributed by atoms with Gasteiger partial charge in [0.05, 0.1) is 0 Å². The molecule has 0 saturated heterocycles. The van der Waals surface area contributed by atoms with Crippen molar-refractivity contribution in [3.05, 3.63) is 9.98 Å². The summed E-state index contributed by atoms with van der Waals surface area (Å²) < 4.78 is 1.61. The molecule has 0 amide bonds. The Hall–Kier alpha value is 0.283. The number of hydrogen-bond acceptors (Lipinski definition) is 0. The summed E-state index contributed by atoms with van der Waals surface area (Å²) >= 11 is 0.922. The molecule has 0 nitrogen and oxygen atoms in total. The number of allylic oxidation sites excluding steroid dienone is 2. The fourth-order valence-corrected chi connectivity index (χ4v) is 0. The van der Waals surface area contributed by atoms with Gasteiger partial charge in [-0.3, -0.25) is 0 Å². The molecule has 0 bridgehead atoms. The Morgan fingerprint density at radius 2 is 1.33 bits per heavy atom. The van der Waals surface area contributed by atoms with Crippen molar-refractivity contribution in [1.82, 2.24) is 0 Å². The third kappa shape index (κ3) is 2.52. The zero-order valence-corrected chi connectivity index (χ0v) is 9.20. The normalized spacial score (nSPS) is 8.50. The SMILES string of the molecule is CC(C)=[C](C)[GeH3]. The van der Waals surface area contributed by atoms with Gasteiger partial charge in [0.1, 0.15) is 0 Å². The van der Waals surface area contributed by atoms with Crippen molar-refractivity contribution in [2.45, 2.75) is 20.8 Å². The molecule has 0 spiro atoms. The summed E-state index contributed by atoms with van der Waals surface area (Å²) in [5.74, 6) is 0. The van der Waals surface area contributed by atoms with Crippen molar-refractivity contribution in [2.24, 2.45) is 0 Å². The summed E-state index contributed by atoms with van der Waals surface area (Å²) in [6.07, 6.45) is 0. The van der Waals surface area contributed by atoms with Crippen LogP contribution in [0.15, 0.2) is 9.98 Å². The van der Waals surface area contributed by atoms with E-state index in [-0.39, 0.29) is 0 Å². The molecule has 0 rings (SSSR count). The molecule has 0 atom stereocenters. The van der Waals surface area contributed by atoms with Crippen LogP contribution in [0.25, 0.3) is 0 Å². The molecule has 0 N–H and O–H groups in total. The van der Waals surface area contributed by atoms with Crippen molar-refractivity contribution < 1.29 is 0 Å². The summed E-state index contributed by atoms with van der Waals surface area (Å²) in [7, 11) is 0. The topological polar surface area (TPSA) is 0 Å². The molecule has 1 heteroatoms. The Bertz CT molecular complexity index is 54.0. The predicted molar refractivity (Wildman–Crippen MR) is 34.0 cm³/mol. The monoisotopic (exact) mass is 146 g/mol. The van der Waals surface area contributed by atoms with Gasteiger partial charge in [-0.15, -0.1) is 0 Å². The molecule has 0 fully saturated rings. The minimum atomic E-state index is 0.922. The molecule has 0 aromatic heterocycles. The maximum atomic E-state index is 2.20. The first-order valence-electron chi connectivity index (χ1n) is 2.25. The molecule has 0 heterocycles. The Kier molecular flexibility index (Phi) is 2.57. The zero-order chi connectivity index (χ0) is 5.15. The molecular weight excluding hydrogens is 133 g/mol. The van der Waals surface area contributed by atoms with Crippen LogP contribution in [0.2, 0.25) is 0 Å². The molecule has 6 heavy (non-hydrogen) atoms. The van der Waals surface area contributed by atoms with Gasteiger partial charge in [0, 0.05) is 0 Å². The van der Waals surface area contributed by atoms with Gasteiger partial charge >= 0.3 is 47.3 Å². The zero-order valence-electron chi connectivity index (χ0n) is 5.00. The van der Waals surface area contributed by atoms with E-state index in [9.17, 15) is 0 Å². The van der Waals surface area contributed by atoms with E-state index in [1.54, 1.807) is 4.41 Å². The van der Waals surface area contributed by atoms with Crippen molar-refractivity contribution in [3.8, 4) is 0 Å². The summed E-state index contributed by atoms with van der Waals surface area (Å²) in [5, 5.41) is 0. The van der Waals surface area contributed by atoms with Crippen LogP contribution in [0.1, 0.15) is 20.8 Å². The molecule has 0 radical (unpaired) electrons. The molecule has 0 aliphatic carbocycles. The van der Waals surface area contributed by atoms with Gasteiger partial charge in [0.25, 0.3) is 0 Å². The first kappa shape index (κ1) is 6.28. The van der Waals surface area contributed by atoms with Crippen LogP contribution in [0.4, 0.5) is 0 Å². The third-order valence-corrected chi connectivity index (χ3v) is 3.10. The van der Waals surface area contributed by atoms with Crippen LogP contribution >= 0.6 is 0 Å². The first-order chi connectivity index (χ1) is 2.64. The van der Waals surface area contributed by atoms with Gasteiger partial charge in [-0.25, -0.2) is 0 Å². The van der Waals surface area contributed by atoms with Crippen LogP contribution in [0.3, 0.4) is 0 Å². The Morgan fingerprint density at radius 3 is 1.33 bits per heavy atom. The van der Waals surface area contributed by atoms with E-state index >= 15 is 0 Å². The molecule has 0 aliphatic rings. The van der Waals surface area contributed by atoms with E-state index in [1.165, 1.54) is 5.57 Å². The van der Waals surface area contributed by atoms with Gasteiger partial charge in [-0.2, -0.15) is 0 Å². The molecule has 0 aromatic rings. The van der Waals surface area contributed by atoms with Crippen molar-refractivity contribution in [3.63, 3.8) is 0 Å². The van der Waals surface area contributed by atoms with Crippen LogP contribution < -0.4 is 0 Å². The van der Waals surface area contributed by atoms with E-state index in [1.807, 2.05) is 0 Å². The summed E-state index contributed by atoms with van der Waals surface area (Å²) in [6.45, 7) is 6.54.